The van der Waals surface area contributed by atoms with Gasteiger partial charge in [-0.1, -0.05) is 55.8 Å². The third-order valence-corrected chi connectivity index (χ3v) is 8.34. The average Bonchev–Trinajstić information content (AvgIpc) is 3.43. The Kier molecular flexibility index (Phi) is 7.50. The SMILES string of the molecule is CCCN1C(=O)[C@@H]2[C@@H](CC(COC)=C3[C@@H](CC/C(=C/c4ccc(O)c5ccccc45)CC)OC[C@@H]32)C1=O. The number of benzene rings is 2. The molecule has 37 heavy (non-hydrogen) atoms. The Morgan fingerprint density at radius 2 is 1.89 bits per heavy atom. The zero-order chi connectivity index (χ0) is 26.1. The van der Waals surface area contributed by atoms with Crippen LogP contribution in [0.2, 0.25) is 0 Å². The molecule has 0 saturated carbocycles. The molecule has 6 nitrogen and oxygen atoms in total. The van der Waals surface area contributed by atoms with Gasteiger partial charge in [-0.15, -0.1) is 0 Å². The maximum atomic E-state index is 13.3. The van der Waals surface area contributed by atoms with Crippen LogP contribution in [0.4, 0.5) is 0 Å². The van der Waals surface area contributed by atoms with E-state index >= 15 is 0 Å². The molecule has 196 valence electrons. The zero-order valence-electron chi connectivity index (χ0n) is 22.0. The molecule has 2 aromatic rings. The van der Waals surface area contributed by atoms with Crippen molar-refractivity contribution in [2.45, 2.75) is 52.1 Å². The molecule has 3 aliphatic rings. The lowest BCUT2D eigenvalue weighted by Gasteiger charge is -2.31. The summed E-state index contributed by atoms with van der Waals surface area (Å²) < 4.78 is 11.9. The van der Waals surface area contributed by atoms with Crippen molar-refractivity contribution in [3.63, 3.8) is 0 Å². The summed E-state index contributed by atoms with van der Waals surface area (Å²) >= 11 is 0. The molecule has 2 saturated heterocycles. The Labute approximate surface area is 218 Å². The van der Waals surface area contributed by atoms with E-state index in [1.165, 1.54) is 16.0 Å². The number of methoxy groups -OCH3 is 1. The van der Waals surface area contributed by atoms with Crippen LogP contribution in [-0.2, 0) is 19.1 Å². The highest BCUT2D eigenvalue weighted by molar-refractivity contribution is 6.06. The highest BCUT2D eigenvalue weighted by Gasteiger charge is 2.56. The normalized spacial score (nSPS) is 25.8. The highest BCUT2D eigenvalue weighted by atomic mass is 16.5. The maximum Gasteiger partial charge on any atom is 0.233 e. The number of allylic oxidation sites excluding steroid dienone is 1. The number of hydrogen-bond acceptors (Lipinski definition) is 5. The lowest BCUT2D eigenvalue weighted by atomic mass is 9.69. The number of ether oxygens (including phenoxy) is 2. The van der Waals surface area contributed by atoms with Crippen molar-refractivity contribution in [1.29, 1.82) is 0 Å². The number of hydrogen-bond donors (Lipinski definition) is 1. The molecule has 5 rings (SSSR count). The smallest absolute Gasteiger partial charge is 0.233 e. The first-order valence-corrected chi connectivity index (χ1v) is 13.6. The number of carbonyl (C=O) groups excluding carboxylic acids is 2. The van der Waals surface area contributed by atoms with Gasteiger partial charge < -0.3 is 14.6 Å². The van der Waals surface area contributed by atoms with E-state index in [4.69, 9.17) is 9.47 Å². The number of rotatable bonds is 9. The molecule has 0 bridgehead atoms. The van der Waals surface area contributed by atoms with Crippen molar-refractivity contribution < 1.29 is 24.2 Å². The third kappa shape index (κ3) is 4.62. The summed E-state index contributed by atoms with van der Waals surface area (Å²) in [4.78, 5) is 27.8. The van der Waals surface area contributed by atoms with Crippen LogP contribution in [0.5, 0.6) is 5.75 Å². The summed E-state index contributed by atoms with van der Waals surface area (Å²) in [5, 5.41) is 12.1. The van der Waals surface area contributed by atoms with Crippen molar-refractivity contribution in [2.75, 3.05) is 26.9 Å². The molecule has 0 unspecified atom stereocenters. The van der Waals surface area contributed by atoms with Crippen LogP contribution in [-0.4, -0.2) is 54.8 Å². The number of carbonyl (C=O) groups is 2. The van der Waals surface area contributed by atoms with Gasteiger partial charge in [0.25, 0.3) is 0 Å². The molecule has 6 heteroatoms. The first-order chi connectivity index (χ1) is 18.0. The van der Waals surface area contributed by atoms with Crippen molar-refractivity contribution in [1.82, 2.24) is 4.90 Å². The molecule has 2 aliphatic heterocycles. The highest BCUT2D eigenvalue weighted by Crippen LogP contribution is 2.50. The first-order valence-electron chi connectivity index (χ1n) is 13.6. The van der Waals surface area contributed by atoms with Gasteiger partial charge in [-0.25, -0.2) is 0 Å². The Morgan fingerprint density at radius 1 is 1.11 bits per heavy atom. The van der Waals surface area contributed by atoms with Crippen molar-refractivity contribution in [3.8, 4) is 5.75 Å². The van der Waals surface area contributed by atoms with E-state index in [-0.39, 0.29) is 35.7 Å². The van der Waals surface area contributed by atoms with Crippen LogP contribution in [0.3, 0.4) is 0 Å². The topological polar surface area (TPSA) is 76.1 Å². The number of amides is 2. The van der Waals surface area contributed by atoms with E-state index in [2.05, 4.69) is 13.0 Å². The van der Waals surface area contributed by atoms with Gasteiger partial charge in [0.1, 0.15) is 5.75 Å². The Balaban J connectivity index is 1.38. The summed E-state index contributed by atoms with van der Waals surface area (Å²) in [6.45, 7) is 5.62. The minimum absolute atomic E-state index is 0.0200. The monoisotopic (exact) mass is 503 g/mol. The fraction of sp³-hybridized carbons (Fsp3) is 0.484. The summed E-state index contributed by atoms with van der Waals surface area (Å²) in [7, 11) is 1.68. The molecule has 2 aromatic carbocycles. The van der Waals surface area contributed by atoms with E-state index in [1.807, 2.05) is 37.3 Å². The lowest BCUT2D eigenvalue weighted by molar-refractivity contribution is -0.140. The minimum atomic E-state index is -0.302. The first kappa shape index (κ1) is 25.7. The van der Waals surface area contributed by atoms with Gasteiger partial charge in [0, 0.05) is 25.0 Å². The minimum Gasteiger partial charge on any atom is -0.507 e. The molecule has 1 N–H and O–H groups in total. The number of phenols is 1. The van der Waals surface area contributed by atoms with E-state index in [1.54, 1.807) is 13.2 Å². The van der Waals surface area contributed by atoms with Crippen LogP contribution in [0.25, 0.3) is 16.8 Å². The van der Waals surface area contributed by atoms with Gasteiger partial charge >= 0.3 is 0 Å². The van der Waals surface area contributed by atoms with Gasteiger partial charge in [-0.05, 0) is 60.3 Å². The predicted octanol–water partition coefficient (Wildman–Crippen LogP) is 5.49. The lowest BCUT2D eigenvalue weighted by Crippen LogP contribution is -2.35. The number of imide groups is 1. The molecule has 1 aliphatic carbocycles. The third-order valence-electron chi connectivity index (χ3n) is 8.34. The van der Waals surface area contributed by atoms with Crippen molar-refractivity contribution in [2.24, 2.45) is 17.8 Å². The quantitative estimate of drug-likeness (QED) is 0.362. The van der Waals surface area contributed by atoms with E-state index < -0.39 is 0 Å². The van der Waals surface area contributed by atoms with Gasteiger partial charge in [0.15, 0.2) is 0 Å². The fourth-order valence-electron chi connectivity index (χ4n) is 6.61. The van der Waals surface area contributed by atoms with Crippen LogP contribution in [0.15, 0.2) is 53.1 Å². The molecule has 2 heterocycles. The number of aromatic hydroxyl groups is 1. The second-order valence-corrected chi connectivity index (χ2v) is 10.5. The summed E-state index contributed by atoms with van der Waals surface area (Å²) in [6, 6.07) is 11.6. The Morgan fingerprint density at radius 3 is 2.62 bits per heavy atom. The number of likely N-dealkylation sites (tertiary alicyclic amines) is 1. The Hall–Kier alpha value is -2.96. The number of phenolic OH excluding ortho intramolecular Hbond substituents is 1. The summed E-state index contributed by atoms with van der Waals surface area (Å²) in [5.74, 6) is -0.374. The van der Waals surface area contributed by atoms with Crippen molar-refractivity contribution >= 4 is 28.7 Å². The molecular weight excluding hydrogens is 466 g/mol. The van der Waals surface area contributed by atoms with Crippen LogP contribution in [0.1, 0.15) is 51.5 Å². The van der Waals surface area contributed by atoms with Gasteiger partial charge in [-0.3, -0.25) is 14.5 Å². The molecule has 0 aromatic heterocycles. The number of fused-ring (bicyclic) bond motifs is 4. The van der Waals surface area contributed by atoms with E-state index in [0.29, 0.717) is 31.9 Å². The second-order valence-electron chi connectivity index (χ2n) is 10.5. The standard InChI is InChI=1S/C31H37NO5/c1-4-14-32-30(34)24-16-21(17-36-3)28-25(29(24)31(32)35)18-37-27(28)13-10-19(5-2)15-20-11-12-26(33)23-9-7-6-8-22(20)23/h6-9,11-12,15,24-25,27,29,33H,4-5,10,13-14,16-18H2,1-3H3/b19-15+/t24-,25+,27-,29-/m1/s1. The van der Waals surface area contributed by atoms with Gasteiger partial charge in [-0.2, -0.15) is 0 Å². The van der Waals surface area contributed by atoms with E-state index in [0.717, 1.165) is 47.6 Å². The van der Waals surface area contributed by atoms with Crippen molar-refractivity contribution in [3.05, 3.63) is 58.7 Å². The zero-order valence-corrected chi connectivity index (χ0v) is 22.0. The molecule has 0 radical (unpaired) electrons. The van der Waals surface area contributed by atoms with Crippen LogP contribution in [0, 0.1) is 17.8 Å². The van der Waals surface area contributed by atoms with Gasteiger partial charge in [0.05, 0.1) is 31.2 Å². The maximum absolute atomic E-state index is 13.3. The summed E-state index contributed by atoms with van der Waals surface area (Å²) in [5.41, 5.74) is 4.75. The van der Waals surface area contributed by atoms with Crippen LogP contribution < -0.4 is 0 Å². The summed E-state index contributed by atoms with van der Waals surface area (Å²) in [6.07, 6.45) is 6.14. The molecule has 2 fully saturated rings. The average molecular weight is 504 g/mol. The fourth-order valence-corrected chi connectivity index (χ4v) is 6.61. The largest absolute Gasteiger partial charge is 0.507 e. The molecular formula is C31H37NO5. The van der Waals surface area contributed by atoms with Gasteiger partial charge in [0.2, 0.25) is 11.8 Å². The van der Waals surface area contributed by atoms with E-state index in [9.17, 15) is 14.7 Å². The molecule has 0 spiro atoms. The predicted molar refractivity (Wildman–Crippen MR) is 144 cm³/mol. The second kappa shape index (κ2) is 10.8. The number of nitrogens with zero attached hydrogens (tertiary/aromatic N) is 1. The van der Waals surface area contributed by atoms with Crippen LogP contribution >= 0.6 is 0 Å². The molecule has 4 atom stereocenters. The Bertz CT molecular complexity index is 1260. The molecule has 2 amide bonds.